The molecular formula is C27H26N2O5S2. The smallest absolute Gasteiger partial charge is 0.284 e. The van der Waals surface area contributed by atoms with Gasteiger partial charge in [-0.3, -0.25) is 9.69 Å². The number of hydrogen-bond donors (Lipinski definition) is 0. The Morgan fingerprint density at radius 3 is 2.39 bits per heavy atom. The Morgan fingerprint density at radius 1 is 1.00 bits per heavy atom. The summed E-state index contributed by atoms with van der Waals surface area (Å²) in [4.78, 5) is 14.9. The summed E-state index contributed by atoms with van der Waals surface area (Å²) in [5.41, 5.74) is 2.67. The summed E-state index contributed by atoms with van der Waals surface area (Å²) in [7, 11) is -2.40. The molecule has 1 amide bonds. The zero-order valence-electron chi connectivity index (χ0n) is 20.2. The Morgan fingerprint density at radius 2 is 1.72 bits per heavy atom. The van der Waals surface area contributed by atoms with E-state index in [1.807, 2.05) is 43.3 Å². The first-order chi connectivity index (χ1) is 17.3. The highest BCUT2D eigenvalue weighted by Gasteiger charge is 2.34. The summed E-state index contributed by atoms with van der Waals surface area (Å²) in [5.74, 6) is 0.803. The van der Waals surface area contributed by atoms with Crippen LogP contribution in [0.1, 0.15) is 23.6 Å². The van der Waals surface area contributed by atoms with Gasteiger partial charge in [-0.15, -0.1) is 4.40 Å². The van der Waals surface area contributed by atoms with Crippen LogP contribution in [0, 0.1) is 6.92 Å². The van der Waals surface area contributed by atoms with E-state index < -0.39 is 10.0 Å². The fraction of sp³-hybridized carbons (Fsp3) is 0.185. The molecule has 1 aliphatic rings. The fourth-order valence-corrected chi connectivity index (χ4v) is 5.75. The lowest BCUT2D eigenvalue weighted by molar-refractivity contribution is -0.122. The number of rotatable bonds is 8. The van der Waals surface area contributed by atoms with Crippen LogP contribution in [0.15, 0.2) is 87.0 Å². The van der Waals surface area contributed by atoms with E-state index in [1.165, 1.54) is 17.0 Å². The molecule has 0 atom stereocenters. The van der Waals surface area contributed by atoms with Crippen molar-refractivity contribution >= 4 is 38.9 Å². The number of nitrogens with zero attached hydrogens (tertiary/aromatic N) is 2. The van der Waals surface area contributed by atoms with Crippen LogP contribution in [-0.4, -0.2) is 38.0 Å². The third-order valence-electron chi connectivity index (χ3n) is 5.44. The average Bonchev–Trinajstić information content (AvgIpc) is 3.16. The van der Waals surface area contributed by atoms with E-state index in [0.29, 0.717) is 35.1 Å². The minimum Gasteiger partial charge on any atom is -0.493 e. The molecule has 3 aromatic carbocycles. The number of benzene rings is 3. The van der Waals surface area contributed by atoms with Gasteiger partial charge in [0.1, 0.15) is 6.61 Å². The summed E-state index contributed by atoms with van der Waals surface area (Å²) in [6.07, 6.45) is 1.70. The highest BCUT2D eigenvalue weighted by atomic mass is 32.2. The molecule has 4 rings (SSSR count). The monoisotopic (exact) mass is 522 g/mol. The van der Waals surface area contributed by atoms with Gasteiger partial charge < -0.3 is 9.47 Å². The standard InChI is InChI=1S/C27H26N2O5S2/c1-4-29-26(30)25(35-27(29)28-36(31,32)22-13-10-19(2)11-14-22)17-21-12-15-23(33-3)24(16-21)34-18-20-8-6-5-7-9-20/h5-17H,4,18H2,1-3H3/b25-17-,28-27+. The Balaban J connectivity index is 1.61. The second kappa shape index (κ2) is 11.0. The van der Waals surface area contributed by atoms with Gasteiger partial charge in [0.25, 0.3) is 15.9 Å². The Kier molecular flexibility index (Phi) is 7.81. The third kappa shape index (κ3) is 5.80. The molecule has 7 nitrogen and oxygen atoms in total. The highest BCUT2D eigenvalue weighted by molar-refractivity contribution is 8.19. The van der Waals surface area contributed by atoms with Crippen molar-refractivity contribution in [2.45, 2.75) is 25.3 Å². The number of thioether (sulfide) groups is 1. The second-order valence-corrected chi connectivity index (χ2v) is 10.6. The van der Waals surface area contributed by atoms with Gasteiger partial charge >= 0.3 is 0 Å². The van der Waals surface area contributed by atoms with E-state index in [4.69, 9.17) is 9.47 Å². The lowest BCUT2D eigenvalue weighted by Crippen LogP contribution is -2.29. The molecule has 0 radical (unpaired) electrons. The van der Waals surface area contributed by atoms with Crippen molar-refractivity contribution in [2.24, 2.45) is 4.40 Å². The van der Waals surface area contributed by atoms with Crippen LogP contribution in [-0.2, 0) is 21.4 Å². The molecule has 3 aromatic rings. The fourth-order valence-electron chi connectivity index (χ4n) is 3.50. The van der Waals surface area contributed by atoms with Crippen molar-refractivity contribution in [3.63, 3.8) is 0 Å². The predicted molar refractivity (Wildman–Crippen MR) is 143 cm³/mol. The topological polar surface area (TPSA) is 85.3 Å². The van der Waals surface area contributed by atoms with Crippen molar-refractivity contribution < 1.29 is 22.7 Å². The van der Waals surface area contributed by atoms with Crippen LogP contribution in [0.3, 0.4) is 0 Å². The number of amides is 1. The molecular weight excluding hydrogens is 496 g/mol. The number of amidine groups is 1. The normalized spacial score (nSPS) is 16.1. The number of methoxy groups -OCH3 is 1. The first-order valence-electron chi connectivity index (χ1n) is 11.3. The van der Waals surface area contributed by atoms with E-state index >= 15 is 0 Å². The second-order valence-electron chi connectivity index (χ2n) is 8.01. The van der Waals surface area contributed by atoms with Gasteiger partial charge in [-0.05, 0) is 67.1 Å². The van der Waals surface area contributed by atoms with Crippen molar-refractivity contribution in [3.05, 3.63) is 94.4 Å². The van der Waals surface area contributed by atoms with Gasteiger partial charge in [-0.2, -0.15) is 8.42 Å². The van der Waals surface area contributed by atoms with Crippen LogP contribution in [0.25, 0.3) is 6.08 Å². The molecule has 36 heavy (non-hydrogen) atoms. The summed E-state index contributed by atoms with van der Waals surface area (Å²) in [6, 6.07) is 21.6. The van der Waals surface area contributed by atoms with Crippen LogP contribution >= 0.6 is 11.8 Å². The molecule has 1 saturated heterocycles. The van der Waals surface area contributed by atoms with Crippen LogP contribution in [0.5, 0.6) is 11.5 Å². The first-order valence-corrected chi connectivity index (χ1v) is 13.5. The van der Waals surface area contributed by atoms with Gasteiger partial charge in [-0.25, -0.2) is 0 Å². The number of carbonyl (C=O) groups excluding carboxylic acids is 1. The van der Waals surface area contributed by atoms with E-state index in [0.717, 1.165) is 22.9 Å². The lowest BCUT2D eigenvalue weighted by Gasteiger charge is -2.12. The van der Waals surface area contributed by atoms with Crippen molar-refractivity contribution in [3.8, 4) is 11.5 Å². The minimum absolute atomic E-state index is 0.0810. The Bertz CT molecular complexity index is 1420. The highest BCUT2D eigenvalue weighted by Crippen LogP contribution is 2.35. The number of aryl methyl sites for hydroxylation is 1. The number of sulfonamides is 1. The maximum absolute atomic E-state index is 13.0. The summed E-state index contributed by atoms with van der Waals surface area (Å²) in [6.45, 7) is 4.31. The Labute approximate surface area is 215 Å². The van der Waals surface area contributed by atoms with Crippen molar-refractivity contribution in [1.82, 2.24) is 4.90 Å². The summed E-state index contributed by atoms with van der Waals surface area (Å²) < 4.78 is 41.1. The van der Waals surface area contributed by atoms with Crippen LogP contribution < -0.4 is 9.47 Å². The molecule has 9 heteroatoms. The first kappa shape index (κ1) is 25.5. The van der Waals surface area contributed by atoms with Crippen molar-refractivity contribution in [2.75, 3.05) is 13.7 Å². The molecule has 0 spiro atoms. The summed E-state index contributed by atoms with van der Waals surface area (Å²) >= 11 is 1.03. The van der Waals surface area contributed by atoms with Gasteiger partial charge in [-0.1, -0.05) is 54.1 Å². The molecule has 0 N–H and O–H groups in total. The van der Waals surface area contributed by atoms with E-state index in [1.54, 1.807) is 44.4 Å². The average molecular weight is 523 g/mol. The van der Waals surface area contributed by atoms with Gasteiger partial charge in [0.15, 0.2) is 16.7 Å². The van der Waals surface area contributed by atoms with Gasteiger partial charge in [0.2, 0.25) is 0 Å². The molecule has 0 aromatic heterocycles. The number of carbonyl (C=O) groups is 1. The van der Waals surface area contributed by atoms with E-state index in [-0.39, 0.29) is 16.0 Å². The Hall–Kier alpha value is -3.56. The van der Waals surface area contributed by atoms with Crippen LogP contribution in [0.4, 0.5) is 0 Å². The SMILES string of the molecule is CCN1C(=O)/C(=C/c2ccc(OC)c(OCc3ccccc3)c2)S/C1=N/S(=O)(=O)c1ccc(C)cc1. The quantitative estimate of drug-likeness (QED) is 0.375. The largest absolute Gasteiger partial charge is 0.493 e. The van der Waals surface area contributed by atoms with Gasteiger partial charge in [0.05, 0.1) is 16.9 Å². The van der Waals surface area contributed by atoms with Crippen molar-refractivity contribution in [1.29, 1.82) is 0 Å². The minimum atomic E-state index is -3.96. The van der Waals surface area contributed by atoms with E-state index in [9.17, 15) is 13.2 Å². The molecule has 186 valence electrons. The van der Waals surface area contributed by atoms with Gasteiger partial charge in [0, 0.05) is 6.54 Å². The zero-order valence-corrected chi connectivity index (χ0v) is 21.8. The number of likely N-dealkylation sites (N-methyl/N-ethyl adjacent to an activating group) is 1. The van der Waals surface area contributed by atoms with Crippen LogP contribution in [0.2, 0.25) is 0 Å². The molecule has 0 aliphatic carbocycles. The maximum atomic E-state index is 13.0. The molecule has 1 heterocycles. The number of hydrogen-bond acceptors (Lipinski definition) is 6. The molecule has 0 saturated carbocycles. The molecule has 1 fully saturated rings. The lowest BCUT2D eigenvalue weighted by atomic mass is 10.1. The van der Waals surface area contributed by atoms with E-state index in [2.05, 4.69) is 4.40 Å². The predicted octanol–water partition coefficient (Wildman–Crippen LogP) is 5.26. The molecule has 0 bridgehead atoms. The molecule has 1 aliphatic heterocycles. The zero-order chi connectivity index (χ0) is 25.7. The maximum Gasteiger partial charge on any atom is 0.284 e. The third-order valence-corrected chi connectivity index (χ3v) is 7.85. The summed E-state index contributed by atoms with van der Waals surface area (Å²) in [5, 5.41) is 0.128. The molecule has 0 unspecified atom stereocenters. The number of ether oxygens (including phenoxy) is 2.